The van der Waals surface area contributed by atoms with Crippen LogP contribution in [0, 0.1) is 17.2 Å². The van der Waals surface area contributed by atoms with Crippen molar-refractivity contribution < 1.29 is 18.8 Å². The third-order valence-corrected chi connectivity index (χ3v) is 3.85. The number of nitrogens with one attached hydrogen (secondary N) is 1. The molecule has 0 bridgehead atoms. The quantitative estimate of drug-likeness (QED) is 0.596. The van der Waals surface area contributed by atoms with E-state index in [1.807, 2.05) is 18.2 Å². The first-order chi connectivity index (χ1) is 10.8. The standard InChI is InChI=1S/C16H21N3O3/c1-2-21-16(20)13(10-17)11-18-12-14(15-6-5-9-22-15)19-7-3-4-8-19/h5-6,9,11,13-14H,2-4,7-8,12H2,1H3/p+1/t13-,14-/m1/s1. The molecule has 1 N–H and O–H groups in total. The van der Waals surface area contributed by atoms with Crippen LogP contribution in [-0.4, -0.2) is 38.4 Å². The van der Waals surface area contributed by atoms with E-state index in [4.69, 9.17) is 14.4 Å². The minimum atomic E-state index is -0.939. The summed E-state index contributed by atoms with van der Waals surface area (Å²) in [6.07, 6.45) is 5.47. The number of furan rings is 1. The molecule has 1 aromatic heterocycles. The molecule has 0 amide bonds. The Bertz CT molecular complexity index is 527. The van der Waals surface area contributed by atoms with E-state index < -0.39 is 11.9 Å². The minimum Gasteiger partial charge on any atom is -0.465 e. The highest BCUT2D eigenvalue weighted by Crippen LogP contribution is 2.12. The third-order valence-electron chi connectivity index (χ3n) is 3.85. The fourth-order valence-corrected chi connectivity index (χ4v) is 2.74. The molecule has 1 aliphatic heterocycles. The van der Waals surface area contributed by atoms with Crippen LogP contribution in [0.2, 0.25) is 0 Å². The van der Waals surface area contributed by atoms with Crippen molar-refractivity contribution in [1.82, 2.24) is 0 Å². The number of hydrogen-bond acceptors (Lipinski definition) is 5. The molecule has 2 heterocycles. The van der Waals surface area contributed by atoms with E-state index in [2.05, 4.69) is 4.99 Å². The lowest BCUT2D eigenvalue weighted by Gasteiger charge is -2.21. The number of likely N-dealkylation sites (tertiary alicyclic amines) is 1. The molecule has 0 radical (unpaired) electrons. The summed E-state index contributed by atoms with van der Waals surface area (Å²) in [4.78, 5) is 17.3. The number of quaternary nitrogens is 1. The molecule has 0 aliphatic carbocycles. The molecule has 0 unspecified atom stereocenters. The molecule has 1 saturated heterocycles. The van der Waals surface area contributed by atoms with Crippen LogP contribution in [0.3, 0.4) is 0 Å². The molecule has 1 aromatic rings. The van der Waals surface area contributed by atoms with E-state index in [0.717, 1.165) is 18.8 Å². The van der Waals surface area contributed by atoms with Crippen LogP contribution in [0.5, 0.6) is 0 Å². The normalized spacial score (nSPS) is 18.2. The van der Waals surface area contributed by atoms with Crippen LogP contribution in [0.4, 0.5) is 0 Å². The summed E-state index contributed by atoms with van der Waals surface area (Å²) in [5.74, 6) is -0.582. The Morgan fingerprint density at radius 3 is 2.95 bits per heavy atom. The second-order valence-electron chi connectivity index (χ2n) is 5.31. The predicted octanol–water partition coefficient (Wildman–Crippen LogP) is 0.773. The van der Waals surface area contributed by atoms with Gasteiger partial charge in [0.1, 0.15) is 0 Å². The molecule has 6 nitrogen and oxygen atoms in total. The van der Waals surface area contributed by atoms with Gasteiger partial charge in [0, 0.05) is 19.1 Å². The highest BCUT2D eigenvalue weighted by molar-refractivity contribution is 5.92. The molecule has 2 atom stereocenters. The summed E-state index contributed by atoms with van der Waals surface area (Å²) in [7, 11) is 0. The Labute approximate surface area is 130 Å². The van der Waals surface area contributed by atoms with Crippen molar-refractivity contribution in [2.75, 3.05) is 26.2 Å². The van der Waals surface area contributed by atoms with Gasteiger partial charge in [0.05, 0.1) is 38.6 Å². The van der Waals surface area contributed by atoms with Crippen molar-refractivity contribution >= 4 is 12.2 Å². The van der Waals surface area contributed by atoms with Crippen LogP contribution >= 0.6 is 0 Å². The van der Waals surface area contributed by atoms with Gasteiger partial charge in [0.25, 0.3) is 0 Å². The van der Waals surface area contributed by atoms with Crippen molar-refractivity contribution in [3.63, 3.8) is 0 Å². The topological polar surface area (TPSA) is 80.0 Å². The molecule has 1 aliphatic rings. The van der Waals surface area contributed by atoms with E-state index in [1.54, 1.807) is 13.2 Å². The molecule has 118 valence electrons. The van der Waals surface area contributed by atoms with Gasteiger partial charge < -0.3 is 14.1 Å². The minimum absolute atomic E-state index is 0.135. The van der Waals surface area contributed by atoms with Crippen LogP contribution in [0.25, 0.3) is 0 Å². The molecule has 2 rings (SSSR count). The molecule has 0 aromatic carbocycles. The van der Waals surface area contributed by atoms with Gasteiger partial charge in [-0.3, -0.25) is 9.79 Å². The molecule has 22 heavy (non-hydrogen) atoms. The second kappa shape index (κ2) is 8.35. The number of esters is 1. The van der Waals surface area contributed by atoms with Crippen LogP contribution in [0.1, 0.15) is 31.6 Å². The Balaban J connectivity index is 2.00. The smallest absolute Gasteiger partial charge is 0.328 e. The average Bonchev–Trinajstić information content (AvgIpc) is 3.21. The predicted molar refractivity (Wildman–Crippen MR) is 80.5 cm³/mol. The first-order valence-electron chi connectivity index (χ1n) is 7.70. The summed E-state index contributed by atoms with van der Waals surface area (Å²) in [6.45, 7) is 4.67. The molecular weight excluding hydrogens is 282 g/mol. The van der Waals surface area contributed by atoms with Gasteiger partial charge in [-0.1, -0.05) is 0 Å². The Hall–Kier alpha value is -2.13. The number of nitriles is 1. The maximum Gasteiger partial charge on any atom is 0.328 e. The maximum absolute atomic E-state index is 11.6. The molecule has 0 spiro atoms. The number of aliphatic imine (C=N–C) groups is 1. The number of rotatable bonds is 7. The van der Waals surface area contributed by atoms with Crippen molar-refractivity contribution in [2.45, 2.75) is 25.8 Å². The highest BCUT2D eigenvalue weighted by atomic mass is 16.5. The van der Waals surface area contributed by atoms with Gasteiger partial charge in [0.2, 0.25) is 0 Å². The van der Waals surface area contributed by atoms with Crippen LogP contribution in [-0.2, 0) is 9.53 Å². The van der Waals surface area contributed by atoms with Crippen LogP contribution in [0.15, 0.2) is 27.8 Å². The molecular formula is C16H22N3O3+. The monoisotopic (exact) mass is 304 g/mol. The fraction of sp³-hybridized carbons (Fsp3) is 0.562. The first-order valence-corrected chi connectivity index (χ1v) is 7.70. The Morgan fingerprint density at radius 1 is 1.59 bits per heavy atom. The zero-order valence-corrected chi connectivity index (χ0v) is 12.8. The lowest BCUT2D eigenvalue weighted by Crippen LogP contribution is -3.10. The molecule has 1 fully saturated rings. The summed E-state index contributed by atoms with van der Waals surface area (Å²) < 4.78 is 10.4. The lowest BCUT2D eigenvalue weighted by atomic mass is 10.2. The van der Waals surface area contributed by atoms with E-state index in [0.29, 0.717) is 6.54 Å². The SMILES string of the molecule is CCOC(=O)[C@H](C#N)C=NC[C@H](c1ccco1)[NH+]1CCCC1. The van der Waals surface area contributed by atoms with Crippen molar-refractivity contribution in [3.8, 4) is 6.07 Å². The highest BCUT2D eigenvalue weighted by Gasteiger charge is 2.29. The van der Waals surface area contributed by atoms with Gasteiger partial charge in [0.15, 0.2) is 17.7 Å². The zero-order valence-electron chi connectivity index (χ0n) is 12.8. The molecule has 0 saturated carbocycles. The maximum atomic E-state index is 11.6. The number of carbonyl (C=O) groups excluding carboxylic acids is 1. The van der Waals surface area contributed by atoms with Gasteiger partial charge in [-0.25, -0.2) is 0 Å². The van der Waals surface area contributed by atoms with E-state index in [1.165, 1.54) is 24.0 Å². The van der Waals surface area contributed by atoms with Gasteiger partial charge in [-0.15, -0.1) is 0 Å². The Morgan fingerprint density at radius 2 is 2.36 bits per heavy atom. The average molecular weight is 304 g/mol. The third kappa shape index (κ3) is 4.18. The number of hydrogen-bond donors (Lipinski definition) is 1. The summed E-state index contributed by atoms with van der Waals surface area (Å²) in [6, 6.07) is 5.88. The molecule has 6 heteroatoms. The van der Waals surface area contributed by atoms with E-state index in [9.17, 15) is 4.79 Å². The number of carbonyl (C=O) groups is 1. The fourth-order valence-electron chi connectivity index (χ4n) is 2.74. The van der Waals surface area contributed by atoms with Crippen LogP contribution < -0.4 is 4.90 Å². The largest absolute Gasteiger partial charge is 0.465 e. The van der Waals surface area contributed by atoms with Crippen molar-refractivity contribution in [2.24, 2.45) is 10.9 Å². The number of nitrogens with zero attached hydrogens (tertiary/aromatic N) is 2. The van der Waals surface area contributed by atoms with E-state index in [-0.39, 0.29) is 12.6 Å². The summed E-state index contributed by atoms with van der Waals surface area (Å²) in [5, 5.41) is 9.02. The summed E-state index contributed by atoms with van der Waals surface area (Å²) in [5.41, 5.74) is 0. The van der Waals surface area contributed by atoms with Gasteiger partial charge in [-0.2, -0.15) is 5.26 Å². The van der Waals surface area contributed by atoms with Gasteiger partial charge >= 0.3 is 5.97 Å². The van der Waals surface area contributed by atoms with Crippen molar-refractivity contribution in [3.05, 3.63) is 24.2 Å². The Kier molecular flexibility index (Phi) is 6.16. The lowest BCUT2D eigenvalue weighted by molar-refractivity contribution is -0.919. The van der Waals surface area contributed by atoms with E-state index >= 15 is 0 Å². The zero-order chi connectivity index (χ0) is 15.8. The van der Waals surface area contributed by atoms with Gasteiger partial charge in [-0.05, 0) is 19.1 Å². The number of ether oxygens (including phenoxy) is 1. The van der Waals surface area contributed by atoms with Crippen molar-refractivity contribution in [1.29, 1.82) is 5.26 Å². The second-order valence-corrected chi connectivity index (χ2v) is 5.31. The summed E-state index contributed by atoms with van der Waals surface area (Å²) >= 11 is 0. The first kappa shape index (κ1) is 16.2.